The summed E-state index contributed by atoms with van der Waals surface area (Å²) in [6.45, 7) is 0. The number of benzene rings is 2. The summed E-state index contributed by atoms with van der Waals surface area (Å²) in [5.74, 6) is -0.983. The van der Waals surface area contributed by atoms with Gasteiger partial charge in [-0.3, -0.25) is 4.98 Å². The molecule has 0 fully saturated rings. The normalized spacial score (nSPS) is 10.8. The Hall–Kier alpha value is -2.10. The van der Waals surface area contributed by atoms with E-state index in [1.165, 1.54) is 6.20 Å². The molecule has 3 rings (SSSR count). The SMILES string of the molecule is O=C(O)c1ccc2ccc(Cl)c(-c3ccncc3Cl)c2c1. The first-order valence-electron chi connectivity index (χ1n) is 6.13. The first-order valence-corrected chi connectivity index (χ1v) is 6.89. The van der Waals surface area contributed by atoms with E-state index in [2.05, 4.69) is 4.98 Å². The van der Waals surface area contributed by atoms with Crippen molar-refractivity contribution in [2.24, 2.45) is 0 Å². The Morgan fingerprint density at radius 3 is 2.52 bits per heavy atom. The molecular weight excluding hydrogens is 309 g/mol. The minimum absolute atomic E-state index is 0.205. The summed E-state index contributed by atoms with van der Waals surface area (Å²) in [6, 6.07) is 10.3. The average molecular weight is 318 g/mol. The fourth-order valence-electron chi connectivity index (χ4n) is 2.28. The van der Waals surface area contributed by atoms with Crippen LogP contribution in [0.1, 0.15) is 10.4 Å². The highest BCUT2D eigenvalue weighted by Gasteiger charge is 2.13. The van der Waals surface area contributed by atoms with Crippen LogP contribution in [0.4, 0.5) is 0 Å². The van der Waals surface area contributed by atoms with Gasteiger partial charge in [-0.1, -0.05) is 35.3 Å². The fourth-order valence-corrected chi connectivity index (χ4v) is 2.76. The van der Waals surface area contributed by atoms with Gasteiger partial charge in [0.1, 0.15) is 0 Å². The van der Waals surface area contributed by atoms with Gasteiger partial charge >= 0.3 is 5.97 Å². The molecular formula is C16H9Cl2NO2. The number of carboxylic acids is 1. The Kier molecular flexibility index (Phi) is 3.53. The van der Waals surface area contributed by atoms with Gasteiger partial charge < -0.3 is 5.11 Å². The average Bonchev–Trinajstić information content (AvgIpc) is 2.48. The summed E-state index contributed by atoms with van der Waals surface area (Å²) < 4.78 is 0. The summed E-state index contributed by atoms with van der Waals surface area (Å²) in [5.41, 5.74) is 1.64. The van der Waals surface area contributed by atoms with E-state index < -0.39 is 5.97 Å². The molecule has 104 valence electrons. The third-order valence-corrected chi connectivity index (χ3v) is 3.88. The number of nitrogens with zero attached hydrogens (tertiary/aromatic N) is 1. The Balaban J connectivity index is 2.40. The second-order valence-corrected chi connectivity index (χ2v) is 5.33. The second-order valence-electron chi connectivity index (χ2n) is 4.52. The lowest BCUT2D eigenvalue weighted by molar-refractivity contribution is 0.0697. The number of hydrogen-bond donors (Lipinski definition) is 1. The molecule has 1 heterocycles. The lowest BCUT2D eigenvalue weighted by Gasteiger charge is -2.11. The van der Waals surface area contributed by atoms with Gasteiger partial charge in [0.05, 0.1) is 10.6 Å². The van der Waals surface area contributed by atoms with Gasteiger partial charge in [-0.05, 0) is 35.0 Å². The van der Waals surface area contributed by atoms with Gasteiger partial charge in [0, 0.05) is 28.5 Å². The van der Waals surface area contributed by atoms with Crippen molar-refractivity contribution in [2.45, 2.75) is 0 Å². The van der Waals surface area contributed by atoms with Crippen LogP contribution in [-0.4, -0.2) is 16.1 Å². The number of carbonyl (C=O) groups is 1. The Bertz CT molecular complexity index is 862. The largest absolute Gasteiger partial charge is 0.478 e. The van der Waals surface area contributed by atoms with E-state index in [0.29, 0.717) is 15.6 Å². The smallest absolute Gasteiger partial charge is 0.335 e. The van der Waals surface area contributed by atoms with Gasteiger partial charge in [-0.15, -0.1) is 0 Å². The number of carboxylic acid groups (broad SMARTS) is 1. The minimum atomic E-state index is -0.983. The molecule has 0 saturated carbocycles. The van der Waals surface area contributed by atoms with Crippen molar-refractivity contribution in [3.05, 3.63) is 64.4 Å². The van der Waals surface area contributed by atoms with E-state index in [9.17, 15) is 4.79 Å². The standard InChI is InChI=1S/C16H9Cl2NO2/c17-13-4-3-9-1-2-10(16(20)21)7-12(9)15(13)11-5-6-19-8-14(11)18/h1-8H,(H,20,21). The Labute approximate surface area is 130 Å². The van der Waals surface area contributed by atoms with Crippen LogP contribution in [0, 0.1) is 0 Å². The van der Waals surface area contributed by atoms with Gasteiger partial charge in [0.2, 0.25) is 0 Å². The van der Waals surface area contributed by atoms with Crippen LogP contribution in [0.15, 0.2) is 48.8 Å². The zero-order valence-electron chi connectivity index (χ0n) is 10.7. The summed E-state index contributed by atoms with van der Waals surface area (Å²) in [5, 5.41) is 11.8. The van der Waals surface area contributed by atoms with E-state index in [1.54, 1.807) is 36.5 Å². The molecule has 2 aromatic carbocycles. The van der Waals surface area contributed by atoms with Crippen LogP contribution in [0.3, 0.4) is 0 Å². The highest BCUT2D eigenvalue weighted by Crippen LogP contribution is 2.38. The molecule has 3 aromatic rings. The lowest BCUT2D eigenvalue weighted by Crippen LogP contribution is -1.96. The molecule has 0 atom stereocenters. The number of pyridine rings is 1. The molecule has 0 aliphatic heterocycles. The first kappa shape index (κ1) is 13.9. The number of rotatable bonds is 2. The molecule has 0 saturated heterocycles. The molecule has 1 N–H and O–H groups in total. The molecule has 0 aliphatic rings. The van der Waals surface area contributed by atoms with Crippen LogP contribution in [0.25, 0.3) is 21.9 Å². The van der Waals surface area contributed by atoms with Gasteiger partial charge in [-0.2, -0.15) is 0 Å². The van der Waals surface area contributed by atoms with Crippen molar-refractivity contribution in [2.75, 3.05) is 0 Å². The van der Waals surface area contributed by atoms with Crippen LogP contribution in [-0.2, 0) is 0 Å². The molecule has 1 aromatic heterocycles. The maximum absolute atomic E-state index is 11.2. The first-order chi connectivity index (χ1) is 10.1. The van der Waals surface area contributed by atoms with Crippen LogP contribution >= 0.6 is 23.2 Å². The van der Waals surface area contributed by atoms with Crippen molar-refractivity contribution in [3.63, 3.8) is 0 Å². The topological polar surface area (TPSA) is 50.2 Å². The molecule has 21 heavy (non-hydrogen) atoms. The highest BCUT2D eigenvalue weighted by molar-refractivity contribution is 6.38. The molecule has 0 aliphatic carbocycles. The number of fused-ring (bicyclic) bond motifs is 1. The summed E-state index contributed by atoms with van der Waals surface area (Å²) >= 11 is 12.5. The van der Waals surface area contributed by atoms with Crippen molar-refractivity contribution >= 4 is 39.9 Å². The van der Waals surface area contributed by atoms with E-state index in [0.717, 1.165) is 16.3 Å². The summed E-state index contributed by atoms with van der Waals surface area (Å²) in [6.07, 6.45) is 3.16. The van der Waals surface area contributed by atoms with Gasteiger partial charge in [-0.25, -0.2) is 4.79 Å². The monoisotopic (exact) mass is 317 g/mol. The molecule has 0 spiro atoms. The van der Waals surface area contributed by atoms with Crippen LogP contribution in [0.5, 0.6) is 0 Å². The lowest BCUT2D eigenvalue weighted by atomic mass is 9.97. The van der Waals surface area contributed by atoms with Crippen molar-refractivity contribution < 1.29 is 9.90 Å². The zero-order chi connectivity index (χ0) is 15.0. The van der Waals surface area contributed by atoms with Crippen LogP contribution < -0.4 is 0 Å². The molecule has 3 nitrogen and oxygen atoms in total. The Morgan fingerprint density at radius 2 is 1.81 bits per heavy atom. The third-order valence-electron chi connectivity index (χ3n) is 3.26. The van der Waals surface area contributed by atoms with Crippen molar-refractivity contribution in [1.82, 2.24) is 4.98 Å². The predicted molar refractivity (Wildman–Crippen MR) is 84.2 cm³/mol. The van der Waals surface area contributed by atoms with E-state index in [-0.39, 0.29) is 5.56 Å². The number of aromatic carboxylic acids is 1. The Morgan fingerprint density at radius 1 is 1.05 bits per heavy atom. The molecule has 0 bridgehead atoms. The minimum Gasteiger partial charge on any atom is -0.478 e. The number of hydrogen-bond acceptors (Lipinski definition) is 2. The molecule has 0 unspecified atom stereocenters. The maximum atomic E-state index is 11.2. The molecule has 0 amide bonds. The predicted octanol–water partition coefficient (Wildman–Crippen LogP) is 4.91. The number of halogens is 2. The van der Waals surface area contributed by atoms with E-state index in [4.69, 9.17) is 28.3 Å². The number of aromatic nitrogens is 1. The van der Waals surface area contributed by atoms with E-state index in [1.807, 2.05) is 6.07 Å². The summed E-state index contributed by atoms with van der Waals surface area (Å²) in [7, 11) is 0. The molecule has 0 radical (unpaired) electrons. The maximum Gasteiger partial charge on any atom is 0.335 e. The van der Waals surface area contributed by atoms with Crippen LogP contribution in [0.2, 0.25) is 10.0 Å². The van der Waals surface area contributed by atoms with Crippen molar-refractivity contribution in [3.8, 4) is 11.1 Å². The van der Waals surface area contributed by atoms with E-state index >= 15 is 0 Å². The second kappa shape index (κ2) is 5.35. The third kappa shape index (κ3) is 2.46. The highest BCUT2D eigenvalue weighted by atomic mass is 35.5. The molecule has 5 heteroatoms. The zero-order valence-corrected chi connectivity index (χ0v) is 12.2. The van der Waals surface area contributed by atoms with Gasteiger partial charge in [0.15, 0.2) is 0 Å². The van der Waals surface area contributed by atoms with Crippen molar-refractivity contribution in [1.29, 1.82) is 0 Å². The quantitative estimate of drug-likeness (QED) is 0.730. The fraction of sp³-hybridized carbons (Fsp3) is 0. The summed E-state index contributed by atoms with van der Waals surface area (Å²) in [4.78, 5) is 15.1. The van der Waals surface area contributed by atoms with Gasteiger partial charge in [0.25, 0.3) is 0 Å².